The predicted octanol–water partition coefficient (Wildman–Crippen LogP) is 4.96. The molecule has 9 heteroatoms. The van der Waals surface area contributed by atoms with Crippen molar-refractivity contribution in [2.45, 2.75) is 71.9 Å². The monoisotopic (exact) mass is 549 g/mol. The van der Waals surface area contributed by atoms with Gasteiger partial charge in [0, 0.05) is 30.6 Å². The van der Waals surface area contributed by atoms with Gasteiger partial charge in [0.15, 0.2) is 0 Å². The van der Waals surface area contributed by atoms with Crippen LogP contribution in [0.3, 0.4) is 0 Å². The van der Waals surface area contributed by atoms with Crippen LogP contribution in [0.5, 0.6) is 0 Å². The number of hydrogen-bond acceptors (Lipinski definition) is 4. The molecule has 0 aliphatic rings. The summed E-state index contributed by atoms with van der Waals surface area (Å²) < 4.78 is 26.4. The third-order valence-corrected chi connectivity index (χ3v) is 7.88. The minimum Gasteiger partial charge on any atom is -0.352 e. The Hall–Kier alpha value is -2.58. The first-order chi connectivity index (χ1) is 17.5. The summed E-state index contributed by atoms with van der Waals surface area (Å²) in [6, 6.07) is 14.4. The number of halogens is 1. The lowest BCUT2D eigenvalue weighted by Crippen LogP contribution is -2.51. The molecule has 0 heterocycles. The molecule has 204 valence electrons. The highest BCUT2D eigenvalue weighted by molar-refractivity contribution is 7.92. The molecule has 0 spiro atoms. The largest absolute Gasteiger partial charge is 0.352 e. The van der Waals surface area contributed by atoms with E-state index in [2.05, 4.69) is 5.32 Å². The molecule has 37 heavy (non-hydrogen) atoms. The van der Waals surface area contributed by atoms with E-state index in [1.54, 1.807) is 23.1 Å². The van der Waals surface area contributed by atoms with Crippen molar-refractivity contribution in [2.24, 2.45) is 0 Å². The number of anilines is 1. The number of nitrogens with zero attached hydrogens (tertiary/aromatic N) is 2. The Bertz CT molecular complexity index is 1140. The molecule has 0 saturated carbocycles. The van der Waals surface area contributed by atoms with E-state index in [1.165, 1.54) is 4.31 Å². The summed E-state index contributed by atoms with van der Waals surface area (Å²) in [4.78, 5) is 28.2. The molecule has 7 nitrogen and oxygen atoms in total. The summed E-state index contributed by atoms with van der Waals surface area (Å²) >= 11 is 6.13. The molecule has 2 aromatic rings. The van der Waals surface area contributed by atoms with Crippen LogP contribution < -0.4 is 9.62 Å². The minimum atomic E-state index is -3.59. The highest BCUT2D eigenvalue weighted by atomic mass is 35.5. The van der Waals surface area contributed by atoms with E-state index in [0.29, 0.717) is 36.5 Å². The van der Waals surface area contributed by atoms with Gasteiger partial charge in [0.2, 0.25) is 21.8 Å². The molecule has 0 fully saturated rings. The van der Waals surface area contributed by atoms with Crippen LogP contribution in [0.25, 0.3) is 0 Å². The Morgan fingerprint density at radius 3 is 2.30 bits per heavy atom. The van der Waals surface area contributed by atoms with Crippen molar-refractivity contribution in [3.8, 4) is 0 Å². The maximum atomic E-state index is 13.5. The van der Waals surface area contributed by atoms with E-state index in [4.69, 9.17) is 11.6 Å². The lowest BCUT2D eigenvalue weighted by atomic mass is 10.1. The van der Waals surface area contributed by atoms with Crippen molar-refractivity contribution in [3.05, 3.63) is 64.7 Å². The molecular weight excluding hydrogens is 510 g/mol. The molecule has 2 aromatic carbocycles. The molecule has 0 aliphatic carbocycles. The van der Waals surface area contributed by atoms with Gasteiger partial charge in [0.25, 0.3) is 0 Å². The number of amides is 2. The zero-order valence-electron chi connectivity index (χ0n) is 22.5. The number of benzene rings is 2. The lowest BCUT2D eigenvalue weighted by molar-refractivity contribution is -0.141. The third-order valence-electron chi connectivity index (χ3n) is 6.46. The van der Waals surface area contributed by atoms with Gasteiger partial charge in [-0.1, -0.05) is 61.8 Å². The Morgan fingerprint density at radius 1 is 1.03 bits per heavy atom. The van der Waals surface area contributed by atoms with Crippen molar-refractivity contribution < 1.29 is 18.0 Å². The van der Waals surface area contributed by atoms with Crippen molar-refractivity contribution in [3.63, 3.8) is 0 Å². The maximum absolute atomic E-state index is 13.5. The summed E-state index contributed by atoms with van der Waals surface area (Å²) in [6.07, 6.45) is 3.48. The van der Waals surface area contributed by atoms with Crippen LogP contribution in [-0.2, 0) is 26.0 Å². The third kappa shape index (κ3) is 9.34. The summed E-state index contributed by atoms with van der Waals surface area (Å²) in [5, 5.41) is 3.45. The van der Waals surface area contributed by atoms with Gasteiger partial charge >= 0.3 is 0 Å². The second-order valence-corrected chi connectivity index (χ2v) is 11.8. The maximum Gasteiger partial charge on any atom is 0.243 e. The van der Waals surface area contributed by atoms with Crippen LogP contribution in [0.1, 0.15) is 57.6 Å². The molecule has 1 N–H and O–H groups in total. The predicted molar refractivity (Wildman–Crippen MR) is 151 cm³/mol. The zero-order chi connectivity index (χ0) is 27.6. The van der Waals surface area contributed by atoms with Crippen LogP contribution in [0, 0.1) is 6.92 Å². The second-order valence-electron chi connectivity index (χ2n) is 9.43. The number of hydrogen-bond donors (Lipinski definition) is 1. The molecule has 0 saturated heterocycles. The molecular formula is C28H40ClN3O4S. The highest BCUT2D eigenvalue weighted by Crippen LogP contribution is 2.27. The minimum absolute atomic E-state index is 0.0110. The Balaban J connectivity index is 2.20. The average molecular weight is 550 g/mol. The van der Waals surface area contributed by atoms with E-state index in [-0.39, 0.29) is 30.8 Å². The first-order valence-corrected chi connectivity index (χ1v) is 15.1. The standard InChI is InChI=1S/C28H40ClN3O4S/c1-6-22(4)30-28(34)25(7-2)31(19-17-23-12-9-8-10-13-23)27(33)14-11-18-32(37(5,35)36)26-20-24(29)16-15-21(26)3/h8-10,12-13,15-16,20,22,25H,6-7,11,14,17-19H2,1-5H3,(H,30,34)/t22-,25-/m1/s1. The normalized spacial score (nSPS) is 13.0. The average Bonchev–Trinajstić information content (AvgIpc) is 2.85. The molecule has 0 radical (unpaired) electrons. The fourth-order valence-electron chi connectivity index (χ4n) is 4.17. The number of aryl methyl sites for hydroxylation is 1. The van der Waals surface area contributed by atoms with Gasteiger partial charge in [0.1, 0.15) is 6.04 Å². The molecule has 0 bridgehead atoms. The van der Waals surface area contributed by atoms with Gasteiger partial charge in [0.05, 0.1) is 11.9 Å². The highest BCUT2D eigenvalue weighted by Gasteiger charge is 2.29. The Morgan fingerprint density at radius 2 is 1.70 bits per heavy atom. The van der Waals surface area contributed by atoms with Crippen LogP contribution in [-0.4, -0.2) is 56.6 Å². The molecule has 0 unspecified atom stereocenters. The topological polar surface area (TPSA) is 86.8 Å². The van der Waals surface area contributed by atoms with Gasteiger partial charge in [-0.3, -0.25) is 13.9 Å². The summed E-state index contributed by atoms with van der Waals surface area (Å²) in [6.45, 7) is 8.20. The number of rotatable bonds is 14. The Labute approximate surface area is 227 Å². The number of carbonyl (C=O) groups excluding carboxylic acids is 2. The van der Waals surface area contributed by atoms with Gasteiger partial charge in [-0.15, -0.1) is 0 Å². The Kier molecular flexibility index (Phi) is 11.9. The van der Waals surface area contributed by atoms with E-state index in [9.17, 15) is 18.0 Å². The van der Waals surface area contributed by atoms with Crippen LogP contribution >= 0.6 is 11.6 Å². The van der Waals surface area contributed by atoms with Gasteiger partial charge in [-0.25, -0.2) is 8.42 Å². The van der Waals surface area contributed by atoms with Crippen LogP contribution in [0.4, 0.5) is 5.69 Å². The van der Waals surface area contributed by atoms with Crippen molar-refractivity contribution in [1.29, 1.82) is 0 Å². The number of carbonyl (C=O) groups is 2. The smallest absolute Gasteiger partial charge is 0.243 e. The molecule has 0 aliphatic heterocycles. The lowest BCUT2D eigenvalue weighted by Gasteiger charge is -2.32. The zero-order valence-corrected chi connectivity index (χ0v) is 24.1. The fourth-order valence-corrected chi connectivity index (χ4v) is 5.35. The van der Waals surface area contributed by atoms with Crippen LogP contribution in [0.15, 0.2) is 48.5 Å². The first kappa shape index (κ1) is 30.6. The first-order valence-electron chi connectivity index (χ1n) is 12.9. The molecule has 2 atom stereocenters. The fraction of sp³-hybridized carbons (Fsp3) is 0.500. The van der Waals surface area contributed by atoms with Crippen molar-refractivity contribution >= 4 is 39.1 Å². The van der Waals surface area contributed by atoms with Crippen LogP contribution in [0.2, 0.25) is 5.02 Å². The molecule has 0 aromatic heterocycles. The molecule has 2 rings (SSSR count). The number of nitrogens with one attached hydrogen (secondary N) is 1. The summed E-state index contributed by atoms with van der Waals surface area (Å²) in [5.74, 6) is -0.330. The SMILES string of the molecule is CC[C@@H](C)NC(=O)[C@@H](CC)N(CCc1ccccc1)C(=O)CCCN(c1cc(Cl)ccc1C)S(C)(=O)=O. The number of sulfonamides is 1. The summed E-state index contributed by atoms with van der Waals surface area (Å²) in [5.41, 5.74) is 2.36. The van der Waals surface area contributed by atoms with E-state index < -0.39 is 16.1 Å². The van der Waals surface area contributed by atoms with E-state index in [1.807, 2.05) is 58.0 Å². The van der Waals surface area contributed by atoms with Crippen molar-refractivity contribution in [2.75, 3.05) is 23.7 Å². The van der Waals surface area contributed by atoms with E-state index in [0.717, 1.165) is 23.8 Å². The van der Waals surface area contributed by atoms with E-state index >= 15 is 0 Å². The van der Waals surface area contributed by atoms with Gasteiger partial charge in [-0.05, 0) is 62.8 Å². The summed E-state index contributed by atoms with van der Waals surface area (Å²) in [7, 11) is -3.59. The molecule has 2 amide bonds. The quantitative estimate of drug-likeness (QED) is 0.361. The second kappa shape index (κ2) is 14.4. The van der Waals surface area contributed by atoms with Crippen molar-refractivity contribution in [1.82, 2.24) is 10.2 Å². The van der Waals surface area contributed by atoms with Gasteiger partial charge < -0.3 is 10.2 Å². The van der Waals surface area contributed by atoms with Gasteiger partial charge in [-0.2, -0.15) is 0 Å².